The van der Waals surface area contributed by atoms with Crippen LogP contribution in [0, 0.1) is 0 Å². The van der Waals surface area contributed by atoms with E-state index in [1.165, 1.54) is 49.6 Å². The van der Waals surface area contributed by atoms with Gasteiger partial charge in [-0.2, -0.15) is 0 Å². The topological polar surface area (TPSA) is 17.0 Å². The number of hydrogen-bond donors (Lipinski definition) is 1. The van der Waals surface area contributed by atoms with Crippen LogP contribution < -0.4 is 5.32 Å². The molecule has 2 aromatic rings. The van der Waals surface area contributed by atoms with E-state index in [2.05, 4.69) is 35.3 Å². The number of aromatic nitrogens is 1. The van der Waals surface area contributed by atoms with Crippen LogP contribution in [-0.2, 0) is 26.3 Å². The van der Waals surface area contributed by atoms with Gasteiger partial charge >= 0.3 is 0 Å². The minimum absolute atomic E-state index is 1.06. The van der Waals surface area contributed by atoms with Gasteiger partial charge in [-0.1, -0.05) is 18.9 Å². The van der Waals surface area contributed by atoms with Crippen molar-refractivity contribution in [1.29, 1.82) is 0 Å². The molecule has 3 rings (SSSR count). The molecule has 1 N–H and O–H groups in total. The van der Waals surface area contributed by atoms with Crippen LogP contribution in [0.4, 0.5) is 0 Å². The first-order valence-corrected chi connectivity index (χ1v) is 8.04. The molecule has 0 saturated carbocycles. The molecule has 108 valence electrons. The van der Waals surface area contributed by atoms with Gasteiger partial charge in [0.1, 0.15) is 0 Å². The molecule has 1 aliphatic rings. The van der Waals surface area contributed by atoms with E-state index < -0.39 is 0 Å². The van der Waals surface area contributed by atoms with Gasteiger partial charge in [0.25, 0.3) is 0 Å². The minimum atomic E-state index is 1.06. The van der Waals surface area contributed by atoms with Crippen molar-refractivity contribution in [2.24, 2.45) is 7.05 Å². The molecule has 1 aromatic carbocycles. The smallest absolute Gasteiger partial charge is 0.0483 e. The van der Waals surface area contributed by atoms with Gasteiger partial charge in [0.05, 0.1) is 0 Å². The zero-order valence-corrected chi connectivity index (χ0v) is 12.8. The van der Waals surface area contributed by atoms with E-state index in [1.807, 2.05) is 7.05 Å². The quantitative estimate of drug-likeness (QED) is 0.901. The lowest BCUT2D eigenvalue weighted by molar-refractivity contribution is 0.619. The fourth-order valence-corrected chi connectivity index (χ4v) is 3.64. The third-order valence-electron chi connectivity index (χ3n) is 4.71. The van der Waals surface area contributed by atoms with Gasteiger partial charge < -0.3 is 9.88 Å². The van der Waals surface area contributed by atoms with E-state index >= 15 is 0 Å². The highest BCUT2D eigenvalue weighted by molar-refractivity contribution is 5.88. The highest BCUT2D eigenvalue weighted by Crippen LogP contribution is 2.31. The molecule has 0 spiro atoms. The zero-order chi connectivity index (χ0) is 13.9. The van der Waals surface area contributed by atoms with E-state index in [-0.39, 0.29) is 0 Å². The average molecular weight is 270 g/mol. The van der Waals surface area contributed by atoms with E-state index in [9.17, 15) is 0 Å². The van der Waals surface area contributed by atoms with Crippen LogP contribution in [0.25, 0.3) is 10.9 Å². The minimum Gasteiger partial charge on any atom is -0.350 e. The number of likely N-dealkylation sites (N-methyl/N-ethyl adjacent to an activating group) is 1. The fraction of sp³-hybridized carbons (Fsp3) is 0.556. The van der Waals surface area contributed by atoms with Gasteiger partial charge in [-0.3, -0.25) is 0 Å². The lowest BCUT2D eigenvalue weighted by Gasteiger charge is -2.16. The number of rotatable bonds is 3. The second-order valence-electron chi connectivity index (χ2n) is 6.13. The van der Waals surface area contributed by atoms with Crippen LogP contribution in [0.5, 0.6) is 0 Å². The second kappa shape index (κ2) is 6.01. The standard InChI is InChI=1S/C18H26N2/c1-19-12-11-15-13-20(2)17-10-9-14-7-5-3-4-6-8-16(14)18(15)17/h9-10,13,19H,3-8,11-12H2,1-2H3. The fourth-order valence-electron chi connectivity index (χ4n) is 3.64. The Labute approximate surface area is 122 Å². The largest absolute Gasteiger partial charge is 0.350 e. The van der Waals surface area contributed by atoms with Crippen molar-refractivity contribution in [1.82, 2.24) is 9.88 Å². The van der Waals surface area contributed by atoms with Crippen molar-refractivity contribution < 1.29 is 0 Å². The van der Waals surface area contributed by atoms with Crippen molar-refractivity contribution in [3.05, 3.63) is 35.0 Å². The summed E-state index contributed by atoms with van der Waals surface area (Å²) in [6.45, 7) is 1.06. The number of nitrogens with one attached hydrogen (secondary N) is 1. The molecule has 2 heteroatoms. The first kappa shape index (κ1) is 13.7. The molecule has 1 aromatic heterocycles. The molecule has 20 heavy (non-hydrogen) atoms. The van der Waals surface area contributed by atoms with Crippen LogP contribution in [0.2, 0.25) is 0 Å². The van der Waals surface area contributed by atoms with Crippen molar-refractivity contribution in [3.63, 3.8) is 0 Å². The summed E-state index contributed by atoms with van der Waals surface area (Å²) in [6, 6.07) is 4.71. The Hall–Kier alpha value is -1.28. The summed E-state index contributed by atoms with van der Waals surface area (Å²) < 4.78 is 2.30. The molecule has 0 bridgehead atoms. The number of aryl methyl sites for hydroxylation is 3. The van der Waals surface area contributed by atoms with E-state index in [0.29, 0.717) is 0 Å². The van der Waals surface area contributed by atoms with Crippen LogP contribution >= 0.6 is 0 Å². The number of fused-ring (bicyclic) bond motifs is 3. The Morgan fingerprint density at radius 1 is 1.10 bits per heavy atom. The van der Waals surface area contributed by atoms with Gasteiger partial charge in [-0.25, -0.2) is 0 Å². The predicted molar refractivity (Wildman–Crippen MR) is 86.4 cm³/mol. The van der Waals surface area contributed by atoms with Gasteiger partial charge in [0.2, 0.25) is 0 Å². The highest BCUT2D eigenvalue weighted by Gasteiger charge is 2.15. The molecule has 1 aliphatic carbocycles. The summed E-state index contributed by atoms with van der Waals surface area (Å²) in [5.74, 6) is 0. The normalized spacial score (nSPS) is 15.9. The zero-order valence-electron chi connectivity index (χ0n) is 12.8. The molecule has 0 fully saturated rings. The third-order valence-corrected chi connectivity index (χ3v) is 4.71. The molecule has 0 aliphatic heterocycles. The SMILES string of the molecule is CNCCc1cn(C)c2ccc3c(c12)CCCCCC3. The van der Waals surface area contributed by atoms with Crippen molar-refractivity contribution in [3.8, 4) is 0 Å². The van der Waals surface area contributed by atoms with Crippen LogP contribution in [-0.4, -0.2) is 18.2 Å². The maximum atomic E-state index is 3.28. The van der Waals surface area contributed by atoms with Crippen molar-refractivity contribution in [2.75, 3.05) is 13.6 Å². The second-order valence-corrected chi connectivity index (χ2v) is 6.13. The Bertz CT molecular complexity index is 595. The monoisotopic (exact) mass is 270 g/mol. The maximum Gasteiger partial charge on any atom is 0.0483 e. The average Bonchev–Trinajstić information content (AvgIpc) is 2.73. The van der Waals surface area contributed by atoms with Gasteiger partial charge in [0, 0.05) is 24.1 Å². The first-order valence-electron chi connectivity index (χ1n) is 8.04. The Balaban J connectivity index is 2.12. The molecule has 2 nitrogen and oxygen atoms in total. The Morgan fingerprint density at radius 2 is 1.90 bits per heavy atom. The summed E-state index contributed by atoms with van der Waals surface area (Å²) in [5, 5.41) is 4.84. The summed E-state index contributed by atoms with van der Waals surface area (Å²) in [6.07, 6.45) is 11.5. The molecule has 0 amide bonds. The summed E-state index contributed by atoms with van der Waals surface area (Å²) in [7, 11) is 4.22. The highest BCUT2D eigenvalue weighted by atomic mass is 14.9. The molecular weight excluding hydrogens is 244 g/mol. The van der Waals surface area contributed by atoms with Gasteiger partial charge in [0.15, 0.2) is 0 Å². The van der Waals surface area contributed by atoms with E-state index in [0.717, 1.165) is 13.0 Å². The summed E-state index contributed by atoms with van der Waals surface area (Å²) >= 11 is 0. The van der Waals surface area contributed by atoms with Crippen LogP contribution in [0.15, 0.2) is 18.3 Å². The predicted octanol–water partition coefficient (Wildman–Crippen LogP) is 3.60. The van der Waals surface area contributed by atoms with Crippen LogP contribution in [0.1, 0.15) is 42.4 Å². The summed E-state index contributed by atoms with van der Waals surface area (Å²) in [4.78, 5) is 0. The van der Waals surface area contributed by atoms with Crippen LogP contribution in [0.3, 0.4) is 0 Å². The third kappa shape index (κ3) is 2.49. The molecule has 0 unspecified atom stereocenters. The van der Waals surface area contributed by atoms with E-state index in [4.69, 9.17) is 0 Å². The molecule has 0 radical (unpaired) electrons. The number of nitrogens with zero attached hydrogens (tertiary/aromatic N) is 1. The summed E-state index contributed by atoms with van der Waals surface area (Å²) in [5.41, 5.74) is 6.19. The molecule has 0 atom stereocenters. The maximum absolute atomic E-state index is 3.28. The van der Waals surface area contributed by atoms with Crippen molar-refractivity contribution in [2.45, 2.75) is 44.9 Å². The van der Waals surface area contributed by atoms with Gasteiger partial charge in [-0.15, -0.1) is 0 Å². The Kier molecular flexibility index (Phi) is 4.11. The Morgan fingerprint density at radius 3 is 2.70 bits per heavy atom. The number of hydrogen-bond acceptors (Lipinski definition) is 1. The first-order chi connectivity index (χ1) is 9.81. The van der Waals surface area contributed by atoms with Crippen molar-refractivity contribution >= 4 is 10.9 Å². The van der Waals surface area contributed by atoms with Gasteiger partial charge in [-0.05, 0) is 68.5 Å². The number of benzene rings is 1. The molecular formula is C18H26N2. The van der Waals surface area contributed by atoms with E-state index in [1.54, 1.807) is 16.5 Å². The lowest BCUT2D eigenvalue weighted by Crippen LogP contribution is -2.10. The lowest BCUT2D eigenvalue weighted by atomic mass is 9.89. The molecule has 1 heterocycles. The molecule has 0 saturated heterocycles.